The van der Waals surface area contributed by atoms with Gasteiger partial charge >= 0.3 is 11.9 Å². The second-order valence-corrected chi connectivity index (χ2v) is 6.67. The summed E-state index contributed by atoms with van der Waals surface area (Å²) in [5.74, 6) is -1.35. The summed E-state index contributed by atoms with van der Waals surface area (Å²) in [5, 5.41) is 22.6. The Hall–Kier alpha value is -3.65. The van der Waals surface area contributed by atoms with E-state index in [0.29, 0.717) is 22.0 Å². The smallest absolute Gasteiger partial charge is 0.343 e. The third-order valence-electron chi connectivity index (χ3n) is 4.06. The van der Waals surface area contributed by atoms with E-state index in [1.54, 1.807) is 31.2 Å². The number of carbonyl (C=O) groups is 2. The maximum absolute atomic E-state index is 12.3. The van der Waals surface area contributed by atoms with Crippen LogP contribution in [0.3, 0.4) is 0 Å². The van der Waals surface area contributed by atoms with Crippen molar-refractivity contribution in [2.45, 2.75) is 13.3 Å². The largest absolute Gasteiger partial charge is 0.506 e. The number of carboxylic acids is 1. The minimum absolute atomic E-state index is 0.0672. The first-order valence-corrected chi connectivity index (χ1v) is 9.36. The molecule has 30 heavy (non-hydrogen) atoms. The van der Waals surface area contributed by atoms with Crippen molar-refractivity contribution in [2.75, 3.05) is 11.9 Å². The highest BCUT2D eigenvalue weighted by atomic mass is 35.5. The van der Waals surface area contributed by atoms with Crippen LogP contribution < -0.4 is 5.32 Å². The number of benzene rings is 2. The Morgan fingerprint density at radius 2 is 1.90 bits per heavy atom. The van der Waals surface area contributed by atoms with E-state index in [2.05, 4.69) is 15.3 Å². The zero-order valence-corrected chi connectivity index (χ0v) is 16.7. The van der Waals surface area contributed by atoms with Crippen LogP contribution in [0.1, 0.15) is 22.8 Å². The number of nitrogens with zero attached hydrogens (tertiary/aromatic N) is 2. The summed E-state index contributed by atoms with van der Waals surface area (Å²) in [4.78, 5) is 32.0. The standard InChI is InChI=1S/C21H18ClN3O5/c1-2-30-21(29)15-11-23-19(13-4-6-14(22)7-5-13)25-20(15)24-16-9-12(10-18(27)28)3-8-17(16)26/h3-9,11,26H,2,10H2,1H3,(H,27,28)(H,23,24,25). The average Bonchev–Trinajstić information content (AvgIpc) is 2.71. The van der Waals surface area contributed by atoms with Crippen LogP contribution in [0.4, 0.5) is 11.5 Å². The molecular weight excluding hydrogens is 410 g/mol. The molecule has 0 amide bonds. The number of phenolic OH excluding ortho intramolecular Hbond substituents is 1. The van der Waals surface area contributed by atoms with Gasteiger partial charge in [-0.25, -0.2) is 14.8 Å². The van der Waals surface area contributed by atoms with Gasteiger partial charge in [-0.1, -0.05) is 17.7 Å². The molecule has 0 bridgehead atoms. The molecule has 0 fully saturated rings. The van der Waals surface area contributed by atoms with Crippen molar-refractivity contribution in [1.82, 2.24) is 9.97 Å². The summed E-state index contributed by atoms with van der Waals surface area (Å²) in [6.07, 6.45) is 1.11. The van der Waals surface area contributed by atoms with Crippen molar-refractivity contribution >= 4 is 35.0 Å². The van der Waals surface area contributed by atoms with Crippen LogP contribution in [0, 0.1) is 0 Å². The summed E-state index contributed by atoms with van der Waals surface area (Å²) < 4.78 is 5.06. The SMILES string of the molecule is CCOC(=O)c1cnc(-c2ccc(Cl)cc2)nc1Nc1cc(CC(=O)O)ccc1O. The second kappa shape index (κ2) is 9.23. The summed E-state index contributed by atoms with van der Waals surface area (Å²) in [6.45, 7) is 1.84. The number of phenols is 1. The number of carbonyl (C=O) groups excluding carboxylic acids is 1. The molecule has 0 radical (unpaired) electrons. The van der Waals surface area contributed by atoms with Crippen molar-refractivity contribution < 1.29 is 24.5 Å². The fourth-order valence-electron chi connectivity index (χ4n) is 2.67. The van der Waals surface area contributed by atoms with Crippen LogP contribution in [0.25, 0.3) is 11.4 Å². The number of aromatic hydroxyl groups is 1. The molecule has 0 saturated heterocycles. The minimum atomic E-state index is -1.01. The Balaban J connectivity index is 2.04. The predicted molar refractivity (Wildman–Crippen MR) is 111 cm³/mol. The fraction of sp³-hybridized carbons (Fsp3) is 0.143. The molecule has 154 valence electrons. The number of esters is 1. The first-order valence-electron chi connectivity index (χ1n) is 8.98. The van der Waals surface area contributed by atoms with Gasteiger partial charge in [-0.05, 0) is 48.9 Å². The van der Waals surface area contributed by atoms with Gasteiger partial charge in [0.05, 0.1) is 18.7 Å². The Morgan fingerprint density at radius 3 is 2.57 bits per heavy atom. The van der Waals surface area contributed by atoms with Gasteiger partial charge in [-0.3, -0.25) is 4.79 Å². The number of aromatic nitrogens is 2. The molecule has 1 heterocycles. The highest BCUT2D eigenvalue weighted by molar-refractivity contribution is 6.30. The first kappa shape index (κ1) is 21.1. The number of carboxylic acid groups (broad SMARTS) is 1. The number of hydrogen-bond donors (Lipinski definition) is 3. The fourth-order valence-corrected chi connectivity index (χ4v) is 2.79. The summed E-state index contributed by atoms with van der Waals surface area (Å²) in [5.41, 5.74) is 1.40. The van der Waals surface area contributed by atoms with E-state index >= 15 is 0 Å². The molecule has 0 spiro atoms. The van der Waals surface area contributed by atoms with E-state index < -0.39 is 11.9 Å². The zero-order valence-electron chi connectivity index (χ0n) is 15.9. The van der Waals surface area contributed by atoms with Crippen LogP contribution in [-0.4, -0.2) is 38.7 Å². The number of aliphatic carboxylic acids is 1. The van der Waals surface area contributed by atoms with Crippen molar-refractivity contribution in [3.05, 3.63) is 64.8 Å². The van der Waals surface area contributed by atoms with Gasteiger partial charge in [0.1, 0.15) is 17.1 Å². The third kappa shape index (κ3) is 5.03. The molecule has 3 aromatic rings. The number of nitrogens with one attached hydrogen (secondary N) is 1. The molecule has 0 aliphatic rings. The maximum Gasteiger partial charge on any atom is 0.343 e. The zero-order chi connectivity index (χ0) is 21.7. The molecule has 8 nitrogen and oxygen atoms in total. The number of ether oxygens (including phenoxy) is 1. The molecule has 0 unspecified atom stereocenters. The Labute approximate surface area is 177 Å². The lowest BCUT2D eigenvalue weighted by Crippen LogP contribution is -2.11. The van der Waals surface area contributed by atoms with Crippen molar-refractivity contribution in [3.8, 4) is 17.1 Å². The van der Waals surface area contributed by atoms with Gasteiger partial charge in [0.25, 0.3) is 0 Å². The molecule has 3 rings (SSSR count). The lowest BCUT2D eigenvalue weighted by molar-refractivity contribution is -0.136. The van der Waals surface area contributed by atoms with E-state index in [0.717, 1.165) is 0 Å². The highest BCUT2D eigenvalue weighted by Crippen LogP contribution is 2.30. The number of halogens is 1. The number of rotatable bonds is 7. The third-order valence-corrected chi connectivity index (χ3v) is 4.31. The van der Waals surface area contributed by atoms with Crippen LogP contribution in [0.2, 0.25) is 5.02 Å². The van der Waals surface area contributed by atoms with E-state index in [4.69, 9.17) is 21.4 Å². The van der Waals surface area contributed by atoms with E-state index in [9.17, 15) is 14.7 Å². The molecule has 1 aromatic heterocycles. The molecule has 0 saturated carbocycles. The number of anilines is 2. The molecular formula is C21H18ClN3O5. The van der Waals surface area contributed by atoms with E-state index in [1.807, 2.05) is 0 Å². The lowest BCUT2D eigenvalue weighted by Gasteiger charge is -2.13. The molecule has 2 aromatic carbocycles. The van der Waals surface area contributed by atoms with Gasteiger partial charge in [-0.15, -0.1) is 0 Å². The van der Waals surface area contributed by atoms with Crippen LogP contribution in [0.5, 0.6) is 5.75 Å². The quantitative estimate of drug-likeness (QED) is 0.381. The van der Waals surface area contributed by atoms with Crippen molar-refractivity contribution in [3.63, 3.8) is 0 Å². The lowest BCUT2D eigenvalue weighted by atomic mass is 10.1. The summed E-state index contributed by atoms with van der Waals surface area (Å²) >= 11 is 5.92. The van der Waals surface area contributed by atoms with Crippen LogP contribution in [-0.2, 0) is 16.0 Å². The Bertz CT molecular complexity index is 1090. The van der Waals surface area contributed by atoms with E-state index in [-0.39, 0.29) is 35.8 Å². The van der Waals surface area contributed by atoms with Gasteiger partial charge in [-0.2, -0.15) is 0 Å². The minimum Gasteiger partial charge on any atom is -0.506 e. The van der Waals surface area contributed by atoms with Gasteiger partial charge in [0.2, 0.25) is 0 Å². The monoisotopic (exact) mass is 427 g/mol. The predicted octanol–water partition coefficient (Wildman–Crippen LogP) is 4.05. The van der Waals surface area contributed by atoms with Gasteiger partial charge < -0.3 is 20.3 Å². The topological polar surface area (TPSA) is 122 Å². The number of hydrogen-bond acceptors (Lipinski definition) is 7. The first-order chi connectivity index (χ1) is 14.4. The van der Waals surface area contributed by atoms with Crippen molar-refractivity contribution in [1.29, 1.82) is 0 Å². The Kier molecular flexibility index (Phi) is 6.48. The summed E-state index contributed by atoms with van der Waals surface area (Å²) in [7, 11) is 0. The van der Waals surface area contributed by atoms with Gasteiger partial charge in [0.15, 0.2) is 5.82 Å². The van der Waals surface area contributed by atoms with Gasteiger partial charge in [0, 0.05) is 16.8 Å². The molecule has 0 atom stereocenters. The molecule has 9 heteroatoms. The van der Waals surface area contributed by atoms with Crippen molar-refractivity contribution in [2.24, 2.45) is 0 Å². The van der Waals surface area contributed by atoms with Crippen LogP contribution >= 0.6 is 11.6 Å². The average molecular weight is 428 g/mol. The normalized spacial score (nSPS) is 10.5. The molecule has 0 aliphatic heterocycles. The molecule has 0 aliphatic carbocycles. The molecule has 3 N–H and O–H groups in total. The highest BCUT2D eigenvalue weighted by Gasteiger charge is 2.18. The maximum atomic E-state index is 12.3. The Morgan fingerprint density at radius 1 is 1.17 bits per heavy atom. The summed E-state index contributed by atoms with van der Waals surface area (Å²) in [6, 6.07) is 11.2. The van der Waals surface area contributed by atoms with Crippen LogP contribution in [0.15, 0.2) is 48.7 Å². The van der Waals surface area contributed by atoms with E-state index in [1.165, 1.54) is 24.4 Å². The second-order valence-electron chi connectivity index (χ2n) is 6.23.